The second-order valence-corrected chi connectivity index (χ2v) is 7.91. The fourth-order valence-electron chi connectivity index (χ4n) is 2.89. The van der Waals surface area contributed by atoms with E-state index >= 15 is 0 Å². The Kier molecular flexibility index (Phi) is 6.34. The van der Waals surface area contributed by atoms with Gasteiger partial charge in [0.15, 0.2) is 5.65 Å². The number of imidazole rings is 1. The highest BCUT2D eigenvalue weighted by atomic mass is 32.2. The number of thioether (sulfide) groups is 1. The number of benzene rings is 1. The quantitative estimate of drug-likeness (QED) is 0.445. The zero-order valence-electron chi connectivity index (χ0n) is 16.3. The Morgan fingerprint density at radius 1 is 1.15 bits per heavy atom. The summed E-state index contributed by atoms with van der Waals surface area (Å²) >= 11 is 1.66. The second kappa shape index (κ2) is 8.71. The van der Waals surface area contributed by atoms with E-state index in [4.69, 9.17) is 9.97 Å². The first-order chi connectivity index (χ1) is 13.0. The van der Waals surface area contributed by atoms with E-state index in [1.165, 1.54) is 5.56 Å². The predicted molar refractivity (Wildman–Crippen MR) is 111 cm³/mol. The van der Waals surface area contributed by atoms with Crippen molar-refractivity contribution >= 4 is 28.9 Å². The third-order valence-electron chi connectivity index (χ3n) is 4.50. The van der Waals surface area contributed by atoms with Gasteiger partial charge in [-0.3, -0.25) is 0 Å². The molecule has 0 radical (unpaired) electrons. The van der Waals surface area contributed by atoms with Gasteiger partial charge in [-0.15, -0.1) is 0 Å². The molecule has 2 aromatic heterocycles. The Hall–Kier alpha value is -2.12. The molecule has 0 aliphatic carbocycles. The second-order valence-electron chi connectivity index (χ2n) is 6.94. The van der Waals surface area contributed by atoms with E-state index in [2.05, 4.69) is 40.8 Å². The van der Waals surface area contributed by atoms with E-state index in [0.717, 1.165) is 28.4 Å². The van der Waals surface area contributed by atoms with Crippen LogP contribution in [-0.2, 0) is 5.75 Å². The Bertz CT molecular complexity index is 879. The standard InChI is InChI=1S/C20H27N5OS/c1-5-16(14(4)26)22-20-23-18-17(21-12-25(18)13(2)3)19(24-20)27-11-15-9-7-6-8-10-15/h6-10,12-14,16,26H,5,11H2,1-4H3,(H,22,23,24)/t14?,16-/m0/s1. The third kappa shape index (κ3) is 4.59. The smallest absolute Gasteiger partial charge is 0.226 e. The molecule has 1 aromatic carbocycles. The van der Waals surface area contributed by atoms with E-state index in [1.54, 1.807) is 18.7 Å². The van der Waals surface area contributed by atoms with Crippen molar-refractivity contribution in [2.24, 2.45) is 0 Å². The first kappa shape index (κ1) is 19.6. The molecule has 3 aromatic rings. The first-order valence-electron chi connectivity index (χ1n) is 9.35. The van der Waals surface area contributed by atoms with Gasteiger partial charge >= 0.3 is 0 Å². The number of aliphatic hydroxyl groups excluding tert-OH is 1. The Balaban J connectivity index is 1.96. The number of aliphatic hydroxyl groups is 1. The first-order valence-corrected chi connectivity index (χ1v) is 10.3. The lowest BCUT2D eigenvalue weighted by atomic mass is 10.1. The van der Waals surface area contributed by atoms with Gasteiger partial charge in [-0.25, -0.2) is 9.97 Å². The van der Waals surface area contributed by atoms with E-state index in [-0.39, 0.29) is 12.1 Å². The molecule has 0 aliphatic heterocycles. The van der Waals surface area contributed by atoms with Gasteiger partial charge < -0.3 is 15.0 Å². The number of nitrogens with one attached hydrogen (secondary N) is 1. The van der Waals surface area contributed by atoms with Crippen LogP contribution in [0.1, 0.15) is 45.7 Å². The number of anilines is 1. The van der Waals surface area contributed by atoms with Crippen molar-refractivity contribution in [3.63, 3.8) is 0 Å². The van der Waals surface area contributed by atoms with Crippen molar-refractivity contribution in [3.05, 3.63) is 42.2 Å². The van der Waals surface area contributed by atoms with Gasteiger partial charge in [0, 0.05) is 11.8 Å². The highest BCUT2D eigenvalue weighted by Crippen LogP contribution is 2.29. The number of aromatic nitrogens is 4. The van der Waals surface area contributed by atoms with Gasteiger partial charge in [-0.05, 0) is 32.8 Å². The number of fused-ring (bicyclic) bond motifs is 1. The average Bonchev–Trinajstić information content (AvgIpc) is 3.09. The van der Waals surface area contributed by atoms with E-state index in [0.29, 0.717) is 5.95 Å². The molecule has 0 saturated heterocycles. The summed E-state index contributed by atoms with van der Waals surface area (Å²) in [6.45, 7) is 8.03. The summed E-state index contributed by atoms with van der Waals surface area (Å²) in [7, 11) is 0. The Morgan fingerprint density at radius 2 is 1.89 bits per heavy atom. The van der Waals surface area contributed by atoms with Crippen LogP contribution in [0.15, 0.2) is 41.7 Å². The van der Waals surface area contributed by atoms with Crippen molar-refractivity contribution in [2.75, 3.05) is 5.32 Å². The summed E-state index contributed by atoms with van der Waals surface area (Å²) in [6, 6.07) is 10.5. The molecule has 0 bridgehead atoms. The highest BCUT2D eigenvalue weighted by Gasteiger charge is 2.18. The molecule has 0 saturated carbocycles. The summed E-state index contributed by atoms with van der Waals surface area (Å²) in [6.07, 6.45) is 2.13. The third-order valence-corrected chi connectivity index (χ3v) is 5.54. The minimum Gasteiger partial charge on any atom is -0.391 e. The Labute approximate surface area is 164 Å². The van der Waals surface area contributed by atoms with Crippen LogP contribution in [0.3, 0.4) is 0 Å². The molecule has 0 spiro atoms. The molecular weight excluding hydrogens is 358 g/mol. The van der Waals surface area contributed by atoms with Gasteiger partial charge in [0.2, 0.25) is 5.95 Å². The van der Waals surface area contributed by atoms with E-state index < -0.39 is 6.10 Å². The summed E-state index contributed by atoms with van der Waals surface area (Å²) < 4.78 is 2.05. The van der Waals surface area contributed by atoms with E-state index in [1.807, 2.05) is 31.5 Å². The largest absolute Gasteiger partial charge is 0.391 e. The molecule has 0 aliphatic rings. The van der Waals surface area contributed by atoms with Gasteiger partial charge in [-0.2, -0.15) is 4.98 Å². The maximum atomic E-state index is 9.97. The predicted octanol–water partition coefficient (Wildman–Crippen LogP) is 4.27. The van der Waals surface area contributed by atoms with Gasteiger partial charge in [0.25, 0.3) is 0 Å². The maximum absolute atomic E-state index is 9.97. The SMILES string of the molecule is CC[C@H](Nc1nc(SCc2ccccc2)c2ncn(C(C)C)c2n1)C(C)O. The molecule has 2 heterocycles. The topological polar surface area (TPSA) is 75.9 Å². The van der Waals surface area contributed by atoms with Crippen LogP contribution in [0.4, 0.5) is 5.95 Å². The van der Waals surface area contributed by atoms with Crippen molar-refractivity contribution in [3.8, 4) is 0 Å². The maximum Gasteiger partial charge on any atom is 0.226 e. The number of nitrogens with zero attached hydrogens (tertiary/aromatic N) is 4. The van der Waals surface area contributed by atoms with Gasteiger partial charge in [0.1, 0.15) is 10.5 Å². The van der Waals surface area contributed by atoms with Crippen molar-refractivity contribution < 1.29 is 5.11 Å². The van der Waals surface area contributed by atoms with Crippen LogP contribution >= 0.6 is 11.8 Å². The molecule has 0 fully saturated rings. The van der Waals surface area contributed by atoms with Gasteiger partial charge in [0.05, 0.1) is 18.5 Å². The highest BCUT2D eigenvalue weighted by molar-refractivity contribution is 7.98. The normalized spacial score (nSPS) is 13.9. The fourth-order valence-corrected chi connectivity index (χ4v) is 3.82. The van der Waals surface area contributed by atoms with Crippen LogP contribution in [0.5, 0.6) is 0 Å². The van der Waals surface area contributed by atoms with E-state index in [9.17, 15) is 5.11 Å². The van der Waals surface area contributed by atoms with Crippen LogP contribution in [0.25, 0.3) is 11.2 Å². The lowest BCUT2D eigenvalue weighted by Gasteiger charge is -2.20. The molecule has 0 amide bonds. The van der Waals surface area contributed by atoms with Gasteiger partial charge in [-0.1, -0.05) is 49.0 Å². The summed E-state index contributed by atoms with van der Waals surface area (Å²) in [4.78, 5) is 14.0. The van der Waals surface area contributed by atoms with Crippen molar-refractivity contribution in [2.45, 2.75) is 63.1 Å². The van der Waals surface area contributed by atoms with Crippen LogP contribution < -0.4 is 5.32 Å². The van der Waals surface area contributed by atoms with Crippen molar-refractivity contribution in [1.29, 1.82) is 0 Å². The number of hydrogen-bond acceptors (Lipinski definition) is 6. The molecule has 2 atom stereocenters. The minimum atomic E-state index is -0.482. The average molecular weight is 386 g/mol. The van der Waals surface area contributed by atoms with Crippen LogP contribution in [-0.4, -0.2) is 36.8 Å². The van der Waals surface area contributed by atoms with Crippen molar-refractivity contribution in [1.82, 2.24) is 19.5 Å². The zero-order valence-corrected chi connectivity index (χ0v) is 17.1. The molecule has 144 valence electrons. The summed E-state index contributed by atoms with van der Waals surface area (Å²) in [5, 5.41) is 14.1. The Morgan fingerprint density at radius 3 is 2.52 bits per heavy atom. The monoisotopic (exact) mass is 385 g/mol. The molecule has 3 rings (SSSR count). The summed E-state index contributed by atoms with van der Waals surface area (Å²) in [5.41, 5.74) is 2.88. The lowest BCUT2D eigenvalue weighted by molar-refractivity contribution is 0.169. The van der Waals surface area contributed by atoms with Crippen LogP contribution in [0, 0.1) is 0 Å². The summed E-state index contributed by atoms with van der Waals surface area (Å²) in [5.74, 6) is 1.35. The molecule has 7 heteroatoms. The number of hydrogen-bond donors (Lipinski definition) is 2. The lowest BCUT2D eigenvalue weighted by Crippen LogP contribution is -2.31. The molecule has 1 unspecified atom stereocenters. The number of rotatable bonds is 8. The molecule has 6 nitrogen and oxygen atoms in total. The molecule has 2 N–H and O–H groups in total. The molecular formula is C20H27N5OS. The zero-order chi connectivity index (χ0) is 19.4. The minimum absolute atomic E-state index is 0.0927. The molecule has 27 heavy (non-hydrogen) atoms. The fraction of sp³-hybridized carbons (Fsp3) is 0.450. The van der Waals surface area contributed by atoms with Crippen LogP contribution in [0.2, 0.25) is 0 Å².